The van der Waals surface area contributed by atoms with Gasteiger partial charge in [-0.25, -0.2) is 4.79 Å². The number of benzene rings is 1. The van der Waals surface area contributed by atoms with Crippen LogP contribution in [0.4, 0.5) is 0 Å². The molecular formula is C8H4BrClO3. The molecule has 1 aromatic rings. The molecule has 0 saturated heterocycles. The zero-order valence-corrected chi connectivity index (χ0v) is 8.59. The van der Waals surface area contributed by atoms with Crippen molar-refractivity contribution in [3.05, 3.63) is 33.8 Å². The van der Waals surface area contributed by atoms with Crippen molar-refractivity contribution in [1.29, 1.82) is 0 Å². The van der Waals surface area contributed by atoms with Crippen LogP contribution in [0, 0.1) is 0 Å². The smallest absolute Gasteiger partial charge is 0.335 e. The van der Waals surface area contributed by atoms with Crippen molar-refractivity contribution in [2.75, 3.05) is 0 Å². The average molecular weight is 263 g/mol. The average Bonchev–Trinajstić information content (AvgIpc) is 2.03. The summed E-state index contributed by atoms with van der Waals surface area (Å²) in [5, 5.41) is 7.96. The lowest BCUT2D eigenvalue weighted by molar-refractivity contribution is 0.0697. The molecule has 0 atom stereocenters. The third-order valence-electron chi connectivity index (χ3n) is 1.37. The van der Waals surface area contributed by atoms with Crippen LogP contribution in [-0.4, -0.2) is 16.3 Å². The molecule has 0 aromatic heterocycles. The van der Waals surface area contributed by atoms with Gasteiger partial charge in [0.05, 0.1) is 5.56 Å². The summed E-state index contributed by atoms with van der Waals surface area (Å²) in [6.07, 6.45) is 0. The summed E-state index contributed by atoms with van der Waals surface area (Å²) in [6, 6.07) is 4.08. The number of carboxylic acid groups (broad SMARTS) is 1. The summed E-state index contributed by atoms with van der Waals surface area (Å²) in [6.45, 7) is 0. The third-order valence-corrected chi connectivity index (χ3v) is 2.05. The molecule has 0 saturated carbocycles. The quantitative estimate of drug-likeness (QED) is 0.834. The molecule has 0 heterocycles. The maximum Gasteiger partial charge on any atom is 0.335 e. The molecule has 1 N–H and O–H groups in total. The minimum absolute atomic E-state index is 0.0263. The Balaban J connectivity index is 3.26. The second kappa shape index (κ2) is 3.89. The zero-order valence-electron chi connectivity index (χ0n) is 6.25. The van der Waals surface area contributed by atoms with Gasteiger partial charge in [0.2, 0.25) is 0 Å². The maximum atomic E-state index is 10.7. The maximum absolute atomic E-state index is 10.7. The van der Waals surface area contributed by atoms with E-state index in [1.165, 1.54) is 18.2 Å². The van der Waals surface area contributed by atoms with E-state index in [1.54, 1.807) is 0 Å². The van der Waals surface area contributed by atoms with E-state index in [9.17, 15) is 9.59 Å². The first kappa shape index (κ1) is 10.2. The number of rotatable bonds is 2. The molecule has 13 heavy (non-hydrogen) atoms. The van der Waals surface area contributed by atoms with E-state index in [4.69, 9.17) is 16.7 Å². The van der Waals surface area contributed by atoms with E-state index >= 15 is 0 Å². The summed E-state index contributed by atoms with van der Waals surface area (Å²) < 4.78 is 0.511. The van der Waals surface area contributed by atoms with Crippen LogP contribution in [0.15, 0.2) is 22.7 Å². The third kappa shape index (κ3) is 2.54. The van der Waals surface area contributed by atoms with E-state index < -0.39 is 11.2 Å². The molecular weight excluding hydrogens is 259 g/mol. The first-order chi connectivity index (χ1) is 6.00. The van der Waals surface area contributed by atoms with E-state index in [0.29, 0.717) is 4.47 Å². The van der Waals surface area contributed by atoms with Gasteiger partial charge in [0, 0.05) is 10.0 Å². The lowest BCUT2D eigenvalue weighted by Crippen LogP contribution is -1.99. The number of hydrogen-bond acceptors (Lipinski definition) is 2. The summed E-state index contributed by atoms with van der Waals surface area (Å²) >= 11 is 8.27. The highest BCUT2D eigenvalue weighted by atomic mass is 79.9. The highest BCUT2D eigenvalue weighted by Crippen LogP contribution is 2.17. The van der Waals surface area contributed by atoms with Crippen molar-refractivity contribution in [3.8, 4) is 0 Å². The molecule has 0 aliphatic rings. The second-order valence-corrected chi connectivity index (χ2v) is 3.57. The van der Waals surface area contributed by atoms with Crippen LogP contribution in [0.5, 0.6) is 0 Å². The van der Waals surface area contributed by atoms with Crippen LogP contribution < -0.4 is 0 Å². The summed E-state index contributed by atoms with van der Waals surface area (Å²) in [7, 11) is 0. The van der Waals surface area contributed by atoms with E-state index in [1.807, 2.05) is 0 Å². The Morgan fingerprint density at radius 3 is 2.23 bits per heavy atom. The Morgan fingerprint density at radius 1 is 1.23 bits per heavy atom. The van der Waals surface area contributed by atoms with Crippen LogP contribution in [0.2, 0.25) is 0 Å². The van der Waals surface area contributed by atoms with Gasteiger partial charge in [-0.05, 0) is 29.8 Å². The van der Waals surface area contributed by atoms with E-state index in [2.05, 4.69) is 15.9 Å². The normalized spacial score (nSPS) is 9.69. The Morgan fingerprint density at radius 2 is 1.77 bits per heavy atom. The van der Waals surface area contributed by atoms with Gasteiger partial charge < -0.3 is 5.11 Å². The van der Waals surface area contributed by atoms with Gasteiger partial charge in [-0.1, -0.05) is 15.9 Å². The molecule has 0 bridgehead atoms. The van der Waals surface area contributed by atoms with Gasteiger partial charge in [-0.3, -0.25) is 4.79 Å². The second-order valence-electron chi connectivity index (χ2n) is 2.31. The number of carbonyl (C=O) groups excluding carboxylic acids is 1. The van der Waals surface area contributed by atoms with Crippen molar-refractivity contribution >= 4 is 38.7 Å². The van der Waals surface area contributed by atoms with Crippen LogP contribution >= 0.6 is 27.5 Å². The highest BCUT2D eigenvalue weighted by Gasteiger charge is 2.09. The topological polar surface area (TPSA) is 54.4 Å². The highest BCUT2D eigenvalue weighted by molar-refractivity contribution is 9.10. The monoisotopic (exact) mass is 262 g/mol. The standard InChI is InChI=1S/C8H4BrClO3/c9-6-2-4(7(10)11)1-5(3-6)8(12)13/h1-3H,(H,12,13). The molecule has 68 valence electrons. The minimum atomic E-state index is -1.10. The molecule has 0 spiro atoms. The fraction of sp³-hybridized carbons (Fsp3) is 0. The van der Waals surface area contributed by atoms with Crippen molar-refractivity contribution in [2.24, 2.45) is 0 Å². The molecule has 1 rings (SSSR count). The lowest BCUT2D eigenvalue weighted by atomic mass is 10.1. The number of carboxylic acids is 1. The Bertz CT molecular complexity index is 343. The number of aromatic carboxylic acids is 1. The molecule has 0 radical (unpaired) electrons. The van der Waals surface area contributed by atoms with Gasteiger partial charge in [-0.15, -0.1) is 0 Å². The molecule has 1 aromatic carbocycles. The number of halogens is 2. The number of carbonyl (C=O) groups is 2. The minimum Gasteiger partial charge on any atom is -0.478 e. The van der Waals surface area contributed by atoms with E-state index in [0.717, 1.165) is 0 Å². The predicted molar refractivity (Wildman–Crippen MR) is 51.3 cm³/mol. The molecule has 0 unspecified atom stereocenters. The Hall–Kier alpha value is -0.870. The van der Waals surface area contributed by atoms with Crippen molar-refractivity contribution in [3.63, 3.8) is 0 Å². The van der Waals surface area contributed by atoms with Crippen molar-refractivity contribution < 1.29 is 14.7 Å². The summed E-state index contributed by atoms with van der Waals surface area (Å²) in [5.41, 5.74) is 0.187. The Labute approximate surface area is 87.4 Å². The van der Waals surface area contributed by atoms with Crippen molar-refractivity contribution in [2.45, 2.75) is 0 Å². The molecule has 0 aliphatic heterocycles. The van der Waals surface area contributed by atoms with E-state index in [-0.39, 0.29) is 11.1 Å². The van der Waals surface area contributed by atoms with Crippen LogP contribution in [0.25, 0.3) is 0 Å². The molecule has 5 heteroatoms. The lowest BCUT2D eigenvalue weighted by Gasteiger charge is -1.98. The number of hydrogen-bond donors (Lipinski definition) is 1. The largest absolute Gasteiger partial charge is 0.478 e. The van der Waals surface area contributed by atoms with Gasteiger partial charge in [0.25, 0.3) is 5.24 Å². The van der Waals surface area contributed by atoms with Crippen LogP contribution in [0.3, 0.4) is 0 Å². The Kier molecular flexibility index (Phi) is 3.06. The zero-order chi connectivity index (χ0) is 10.0. The molecule has 0 amide bonds. The first-order valence-corrected chi connectivity index (χ1v) is 4.41. The fourth-order valence-corrected chi connectivity index (χ4v) is 1.43. The van der Waals surface area contributed by atoms with Crippen molar-refractivity contribution in [1.82, 2.24) is 0 Å². The molecule has 0 fully saturated rings. The first-order valence-electron chi connectivity index (χ1n) is 3.24. The summed E-state index contributed by atoms with van der Waals surface area (Å²) in [4.78, 5) is 21.3. The van der Waals surface area contributed by atoms with Gasteiger partial charge in [0.1, 0.15) is 0 Å². The SMILES string of the molecule is O=C(O)c1cc(Br)cc(C(=O)Cl)c1. The van der Waals surface area contributed by atoms with Gasteiger partial charge >= 0.3 is 5.97 Å². The van der Waals surface area contributed by atoms with Gasteiger partial charge in [-0.2, -0.15) is 0 Å². The molecule has 0 aliphatic carbocycles. The fourth-order valence-electron chi connectivity index (χ4n) is 0.827. The predicted octanol–water partition coefficient (Wildman–Crippen LogP) is 2.53. The summed E-state index contributed by atoms with van der Waals surface area (Å²) in [5.74, 6) is -1.10. The van der Waals surface area contributed by atoms with Crippen LogP contribution in [-0.2, 0) is 0 Å². The van der Waals surface area contributed by atoms with Gasteiger partial charge in [0.15, 0.2) is 0 Å². The molecule has 3 nitrogen and oxygen atoms in total. The van der Waals surface area contributed by atoms with Crippen LogP contribution in [0.1, 0.15) is 20.7 Å².